The van der Waals surface area contributed by atoms with E-state index in [0.29, 0.717) is 12.3 Å². The van der Waals surface area contributed by atoms with Crippen molar-refractivity contribution in [2.45, 2.75) is 31.8 Å². The predicted octanol–water partition coefficient (Wildman–Crippen LogP) is 3.59. The topological polar surface area (TPSA) is 37.6 Å². The molecule has 23 heavy (non-hydrogen) atoms. The Balaban J connectivity index is 2.22. The number of aromatic nitrogens is 2. The van der Waals surface area contributed by atoms with E-state index in [1.54, 1.807) is 24.8 Å². The van der Waals surface area contributed by atoms with Gasteiger partial charge < -0.3 is 4.90 Å². The minimum atomic E-state index is -4.68. The molecule has 0 aromatic carbocycles. The molecule has 0 unspecified atom stereocenters. The van der Waals surface area contributed by atoms with E-state index < -0.39 is 28.3 Å². The highest BCUT2D eigenvalue weighted by atomic mass is 32.2. The van der Waals surface area contributed by atoms with Crippen molar-refractivity contribution >= 4 is 23.3 Å². The third kappa shape index (κ3) is 2.69. The Morgan fingerprint density at radius 1 is 1.35 bits per heavy atom. The van der Waals surface area contributed by atoms with Crippen LogP contribution in [0.5, 0.6) is 0 Å². The first-order chi connectivity index (χ1) is 10.6. The molecule has 0 N–H and O–H groups in total. The molecule has 0 atom stereocenters. The quantitative estimate of drug-likeness (QED) is 0.794. The van der Waals surface area contributed by atoms with Gasteiger partial charge in [0, 0.05) is 18.5 Å². The fourth-order valence-electron chi connectivity index (χ4n) is 2.76. The van der Waals surface area contributed by atoms with E-state index in [2.05, 4.69) is 4.98 Å². The number of carbonyl (C=O) groups is 1. The number of hydrogen-bond donors (Lipinski definition) is 0. The van der Waals surface area contributed by atoms with E-state index in [0.717, 1.165) is 5.56 Å². The molecule has 4 nitrogen and oxygen atoms in total. The summed E-state index contributed by atoms with van der Waals surface area (Å²) in [4.78, 5) is 17.5. The summed E-state index contributed by atoms with van der Waals surface area (Å²) in [6, 6.07) is 3.16. The van der Waals surface area contributed by atoms with Crippen LogP contribution >= 0.6 is 11.8 Å². The summed E-state index contributed by atoms with van der Waals surface area (Å²) < 4.78 is 41.4. The maximum Gasteiger partial charge on any atom is 0.435 e. The van der Waals surface area contributed by atoms with E-state index >= 15 is 0 Å². The lowest BCUT2D eigenvalue weighted by Crippen LogP contribution is -2.42. The minimum absolute atomic E-state index is 0.121. The van der Waals surface area contributed by atoms with Gasteiger partial charge in [0.15, 0.2) is 5.69 Å². The number of imidazole rings is 1. The van der Waals surface area contributed by atoms with Gasteiger partial charge in [-0.3, -0.25) is 9.20 Å². The first kappa shape index (κ1) is 16.2. The van der Waals surface area contributed by atoms with Crippen LogP contribution in [0.3, 0.4) is 0 Å². The van der Waals surface area contributed by atoms with Gasteiger partial charge in [-0.1, -0.05) is 6.07 Å². The Hall–Kier alpha value is -1.70. The number of pyridine rings is 1. The van der Waals surface area contributed by atoms with Crippen molar-refractivity contribution in [1.29, 1.82) is 0 Å². The van der Waals surface area contributed by atoms with E-state index in [-0.39, 0.29) is 5.65 Å². The fourth-order valence-corrected chi connectivity index (χ4v) is 3.86. The van der Waals surface area contributed by atoms with Crippen LogP contribution in [0.2, 0.25) is 0 Å². The highest BCUT2D eigenvalue weighted by Crippen LogP contribution is 2.38. The van der Waals surface area contributed by atoms with Crippen LogP contribution in [0.25, 0.3) is 5.65 Å². The number of thioether (sulfide) groups is 1. The number of carbonyl (C=O) groups excluding carboxylic acids is 1. The largest absolute Gasteiger partial charge is 0.435 e. The van der Waals surface area contributed by atoms with Gasteiger partial charge in [-0.25, -0.2) is 4.98 Å². The van der Waals surface area contributed by atoms with Crippen LogP contribution in [-0.2, 0) is 6.18 Å². The summed E-state index contributed by atoms with van der Waals surface area (Å²) in [7, 11) is 0. The number of amides is 1. The average Bonchev–Trinajstić information content (AvgIpc) is 2.97. The molecule has 0 radical (unpaired) electrons. The van der Waals surface area contributed by atoms with Crippen molar-refractivity contribution in [3.63, 3.8) is 0 Å². The number of halogens is 3. The van der Waals surface area contributed by atoms with Crippen molar-refractivity contribution in [2.75, 3.05) is 12.3 Å². The standard InChI is InChI=1S/C15H16F3N3OS/c1-9-4-5-10-19-12(15(16,17)18)11(20(10)8-9)13(22)21-6-7-23-14(21,2)3/h4-5,8H,6-7H2,1-3H3. The van der Waals surface area contributed by atoms with Gasteiger partial charge in [0.05, 0.1) is 4.87 Å². The van der Waals surface area contributed by atoms with Gasteiger partial charge in [-0.05, 0) is 32.4 Å². The Labute approximate surface area is 135 Å². The van der Waals surface area contributed by atoms with Gasteiger partial charge in [0.1, 0.15) is 11.3 Å². The fraction of sp³-hybridized carbons (Fsp3) is 0.467. The molecule has 0 aliphatic carbocycles. The van der Waals surface area contributed by atoms with Crippen LogP contribution in [-0.4, -0.2) is 37.4 Å². The Bertz CT molecular complexity index is 782. The van der Waals surface area contributed by atoms with Crippen LogP contribution < -0.4 is 0 Å². The Morgan fingerprint density at radius 2 is 2.04 bits per heavy atom. The van der Waals surface area contributed by atoms with E-state index in [1.165, 1.54) is 21.6 Å². The van der Waals surface area contributed by atoms with Crippen molar-refractivity contribution < 1.29 is 18.0 Å². The number of rotatable bonds is 1. The third-order valence-electron chi connectivity index (χ3n) is 3.90. The van der Waals surface area contributed by atoms with Gasteiger partial charge >= 0.3 is 6.18 Å². The predicted molar refractivity (Wildman–Crippen MR) is 82.5 cm³/mol. The van der Waals surface area contributed by atoms with Crippen LogP contribution in [0.15, 0.2) is 18.3 Å². The molecule has 0 bridgehead atoms. The molecular formula is C15H16F3N3OS. The molecule has 1 fully saturated rings. The summed E-state index contributed by atoms with van der Waals surface area (Å²) >= 11 is 1.55. The molecule has 0 saturated carbocycles. The molecule has 3 rings (SSSR count). The lowest BCUT2D eigenvalue weighted by molar-refractivity contribution is -0.141. The Morgan fingerprint density at radius 3 is 2.61 bits per heavy atom. The minimum Gasteiger partial charge on any atom is -0.322 e. The highest BCUT2D eigenvalue weighted by molar-refractivity contribution is 8.00. The Kier molecular flexibility index (Phi) is 3.62. The van der Waals surface area contributed by atoms with Crippen LogP contribution in [0.4, 0.5) is 13.2 Å². The van der Waals surface area contributed by atoms with E-state index in [9.17, 15) is 18.0 Å². The number of hydrogen-bond acceptors (Lipinski definition) is 3. The zero-order valence-corrected chi connectivity index (χ0v) is 13.8. The molecule has 1 saturated heterocycles. The van der Waals surface area contributed by atoms with E-state index in [4.69, 9.17) is 0 Å². The lowest BCUT2D eigenvalue weighted by atomic mass is 10.2. The molecule has 2 aromatic rings. The van der Waals surface area contributed by atoms with Crippen molar-refractivity contribution in [3.8, 4) is 0 Å². The second-order valence-corrected chi connectivity index (χ2v) is 7.69. The van der Waals surface area contributed by atoms with Gasteiger partial charge in [-0.15, -0.1) is 11.8 Å². The van der Waals surface area contributed by atoms with Gasteiger partial charge in [0.2, 0.25) is 0 Å². The maximum atomic E-state index is 13.4. The molecule has 1 aliphatic rings. The smallest absolute Gasteiger partial charge is 0.322 e. The van der Waals surface area contributed by atoms with Crippen LogP contribution in [0.1, 0.15) is 35.6 Å². The number of aryl methyl sites for hydroxylation is 1. The van der Waals surface area contributed by atoms with Crippen LogP contribution in [0, 0.1) is 6.92 Å². The van der Waals surface area contributed by atoms with E-state index in [1.807, 2.05) is 13.8 Å². The second-order valence-electron chi connectivity index (χ2n) is 5.99. The lowest BCUT2D eigenvalue weighted by Gasteiger charge is -2.30. The summed E-state index contributed by atoms with van der Waals surface area (Å²) in [6.07, 6.45) is -3.16. The summed E-state index contributed by atoms with van der Waals surface area (Å²) in [6.45, 7) is 5.86. The van der Waals surface area contributed by atoms with Gasteiger partial charge in [-0.2, -0.15) is 13.2 Å². The monoisotopic (exact) mass is 343 g/mol. The first-order valence-corrected chi connectivity index (χ1v) is 8.11. The summed E-state index contributed by atoms with van der Waals surface area (Å²) in [5.41, 5.74) is -0.656. The normalized spacial score (nSPS) is 17.9. The first-order valence-electron chi connectivity index (χ1n) is 7.13. The van der Waals surface area contributed by atoms with Crippen molar-refractivity contribution in [2.24, 2.45) is 0 Å². The average molecular weight is 343 g/mol. The molecule has 3 heterocycles. The molecule has 8 heteroatoms. The summed E-state index contributed by atoms with van der Waals surface area (Å²) in [5, 5.41) is 0. The third-order valence-corrected chi connectivity index (χ3v) is 5.22. The molecule has 0 spiro atoms. The maximum absolute atomic E-state index is 13.4. The molecule has 2 aromatic heterocycles. The molecule has 1 amide bonds. The number of fused-ring (bicyclic) bond motifs is 1. The van der Waals surface area contributed by atoms with Crippen molar-refractivity contribution in [1.82, 2.24) is 14.3 Å². The molecule has 1 aliphatic heterocycles. The van der Waals surface area contributed by atoms with Gasteiger partial charge in [0.25, 0.3) is 5.91 Å². The molecule has 124 valence electrons. The zero-order chi connectivity index (χ0) is 17.0. The highest BCUT2D eigenvalue weighted by Gasteiger charge is 2.44. The SMILES string of the molecule is Cc1ccc2nc(C(F)(F)F)c(C(=O)N3CCSC3(C)C)n2c1. The number of nitrogens with zero attached hydrogens (tertiary/aromatic N) is 3. The zero-order valence-electron chi connectivity index (χ0n) is 12.9. The molecular weight excluding hydrogens is 327 g/mol. The summed E-state index contributed by atoms with van der Waals surface area (Å²) in [5.74, 6) is 0.0704. The second kappa shape index (κ2) is 5.15. The number of alkyl halides is 3. The van der Waals surface area contributed by atoms with Crippen molar-refractivity contribution in [3.05, 3.63) is 35.3 Å².